The van der Waals surface area contributed by atoms with Crippen LogP contribution in [0.5, 0.6) is 0 Å². The van der Waals surface area contributed by atoms with Gasteiger partial charge in [0.1, 0.15) is 0 Å². The average molecular weight is 473 g/mol. The van der Waals surface area contributed by atoms with Crippen molar-refractivity contribution in [1.29, 1.82) is 0 Å². The van der Waals surface area contributed by atoms with Crippen LogP contribution in [0.1, 0.15) is 5.69 Å². The van der Waals surface area contributed by atoms with Crippen molar-refractivity contribution in [2.75, 3.05) is 0 Å². The van der Waals surface area contributed by atoms with Crippen LogP contribution in [0.25, 0.3) is 10.6 Å². The molecule has 0 spiro atoms. The molecule has 2 heterocycles. The summed E-state index contributed by atoms with van der Waals surface area (Å²) >= 11 is 9.80. The molecule has 0 atom stereocenters. The van der Waals surface area contributed by atoms with E-state index in [4.69, 9.17) is 16.2 Å². The SMILES string of the molecule is ClP(Cc1csc(-c2ccncc2)n1)(c1ccccc1)(c1ccccc1)c1ccccc1. The number of thiazole rings is 1. The number of hydrogen-bond donors (Lipinski definition) is 0. The van der Waals surface area contributed by atoms with Crippen molar-refractivity contribution in [1.82, 2.24) is 9.97 Å². The van der Waals surface area contributed by atoms with Gasteiger partial charge in [-0.2, -0.15) is 0 Å². The van der Waals surface area contributed by atoms with Crippen molar-refractivity contribution in [3.05, 3.63) is 127 Å². The number of rotatable bonds is 6. The molecule has 32 heavy (non-hydrogen) atoms. The van der Waals surface area contributed by atoms with E-state index in [9.17, 15) is 0 Å². The molecule has 3 aromatic carbocycles. The van der Waals surface area contributed by atoms with Gasteiger partial charge in [-0.1, -0.05) is 0 Å². The van der Waals surface area contributed by atoms with Gasteiger partial charge in [-0.25, -0.2) is 0 Å². The fourth-order valence-electron chi connectivity index (χ4n) is 4.25. The Hall–Kier alpha value is -2.84. The normalized spacial score (nSPS) is 12.7. The minimum absolute atomic E-state index is 0.646. The molecule has 0 aliphatic carbocycles. The van der Waals surface area contributed by atoms with Crippen LogP contribution < -0.4 is 15.9 Å². The molecule has 0 bridgehead atoms. The van der Waals surface area contributed by atoms with Gasteiger partial charge in [0.15, 0.2) is 0 Å². The first-order valence-corrected chi connectivity index (χ1v) is 14.6. The maximum absolute atomic E-state index is 8.15. The van der Waals surface area contributed by atoms with Crippen LogP contribution in [0.4, 0.5) is 0 Å². The molecule has 0 fully saturated rings. The standard InChI is InChI=1S/C27H22ClN2PS/c28-31(24-10-4-1-5-11-24,25-12-6-2-7-13-25,26-14-8-3-9-15-26)20-23-21-32-27(30-23)22-16-18-29-19-17-22/h1-19,21H,20H2. The maximum atomic E-state index is 8.15. The van der Waals surface area contributed by atoms with Crippen LogP contribution in [-0.2, 0) is 6.16 Å². The zero-order valence-corrected chi connectivity index (χ0v) is 19.8. The van der Waals surface area contributed by atoms with E-state index in [1.54, 1.807) is 23.7 Å². The van der Waals surface area contributed by atoms with Gasteiger partial charge in [-0.3, -0.25) is 0 Å². The molecule has 5 aromatic rings. The average Bonchev–Trinajstić information content (AvgIpc) is 3.34. The first-order chi connectivity index (χ1) is 15.7. The third-order valence-corrected chi connectivity index (χ3v) is 13.9. The molecule has 2 aromatic heterocycles. The van der Waals surface area contributed by atoms with Crippen molar-refractivity contribution in [3.63, 3.8) is 0 Å². The Morgan fingerprint density at radius 1 is 0.656 bits per heavy atom. The van der Waals surface area contributed by atoms with Crippen LogP contribution in [0.15, 0.2) is 121 Å². The summed E-state index contributed by atoms with van der Waals surface area (Å²) in [7, 11) is 0. The van der Waals surface area contributed by atoms with E-state index < -0.39 is 5.96 Å². The third-order valence-electron chi connectivity index (χ3n) is 5.82. The number of benzene rings is 3. The van der Waals surface area contributed by atoms with Crippen molar-refractivity contribution < 1.29 is 0 Å². The molecule has 5 heteroatoms. The van der Waals surface area contributed by atoms with Gasteiger partial charge in [-0.15, -0.1) is 0 Å². The first kappa shape index (κ1) is 21.0. The van der Waals surface area contributed by atoms with Gasteiger partial charge in [0.25, 0.3) is 0 Å². The van der Waals surface area contributed by atoms with Crippen molar-refractivity contribution in [2.24, 2.45) is 0 Å². The van der Waals surface area contributed by atoms with E-state index in [1.807, 2.05) is 30.3 Å². The minimum atomic E-state index is -3.37. The Morgan fingerprint density at radius 2 is 1.12 bits per heavy atom. The molecule has 2 nitrogen and oxygen atoms in total. The van der Waals surface area contributed by atoms with Crippen molar-refractivity contribution in [2.45, 2.75) is 6.16 Å². The summed E-state index contributed by atoms with van der Waals surface area (Å²) in [5.74, 6) is -3.37. The summed E-state index contributed by atoms with van der Waals surface area (Å²) in [6.45, 7) is 0. The molecule has 0 N–H and O–H groups in total. The third kappa shape index (κ3) is 3.57. The van der Waals surface area contributed by atoms with Gasteiger partial charge in [-0.05, 0) is 0 Å². The molecule has 0 unspecified atom stereocenters. The Bertz CT molecular complexity index is 1210. The zero-order chi connectivity index (χ0) is 21.9. The van der Waals surface area contributed by atoms with Gasteiger partial charge < -0.3 is 0 Å². The summed E-state index contributed by atoms with van der Waals surface area (Å²) < 4.78 is 0. The van der Waals surface area contributed by atoms with Crippen LogP contribution in [0, 0.1) is 0 Å². The predicted octanol–water partition coefficient (Wildman–Crippen LogP) is 6.39. The number of nitrogens with zero attached hydrogens (tertiary/aromatic N) is 2. The molecule has 0 amide bonds. The van der Waals surface area contributed by atoms with Gasteiger partial charge >= 0.3 is 198 Å². The summed E-state index contributed by atoms with van der Waals surface area (Å²) in [5, 5.41) is 6.58. The second-order valence-electron chi connectivity index (χ2n) is 7.73. The molecule has 0 aliphatic heterocycles. The Morgan fingerprint density at radius 3 is 1.59 bits per heavy atom. The second-order valence-corrected chi connectivity index (χ2v) is 15.1. The molecule has 0 aliphatic rings. The van der Waals surface area contributed by atoms with Crippen LogP contribution in [0.2, 0.25) is 0 Å². The van der Waals surface area contributed by atoms with Gasteiger partial charge in [0.2, 0.25) is 0 Å². The fourth-order valence-corrected chi connectivity index (χ4v) is 11.2. The fraction of sp³-hybridized carbons (Fsp3) is 0.0370. The topological polar surface area (TPSA) is 25.8 Å². The van der Waals surface area contributed by atoms with Crippen LogP contribution >= 0.6 is 28.5 Å². The summed E-state index contributed by atoms with van der Waals surface area (Å²) in [6.07, 6.45) is 4.25. The Kier molecular flexibility index (Phi) is 5.65. The molecular weight excluding hydrogens is 451 g/mol. The Labute approximate surface area is 197 Å². The monoisotopic (exact) mass is 472 g/mol. The van der Waals surface area contributed by atoms with E-state index in [2.05, 4.69) is 83.2 Å². The molecule has 158 valence electrons. The van der Waals surface area contributed by atoms with Gasteiger partial charge in [0.05, 0.1) is 0 Å². The van der Waals surface area contributed by atoms with Crippen LogP contribution in [0.3, 0.4) is 0 Å². The molecule has 0 radical (unpaired) electrons. The number of halogens is 1. The number of hydrogen-bond acceptors (Lipinski definition) is 3. The molecule has 5 rings (SSSR count). The molecule has 0 saturated heterocycles. The summed E-state index contributed by atoms with van der Waals surface area (Å²) in [4.78, 5) is 9.16. The van der Waals surface area contributed by atoms with Crippen LogP contribution in [-0.4, -0.2) is 9.97 Å². The number of pyridine rings is 1. The van der Waals surface area contributed by atoms with E-state index in [0.29, 0.717) is 6.16 Å². The summed E-state index contributed by atoms with van der Waals surface area (Å²) in [6, 6.07) is 35.6. The zero-order valence-electron chi connectivity index (χ0n) is 17.4. The summed E-state index contributed by atoms with van der Waals surface area (Å²) in [5.41, 5.74) is 2.08. The molecular formula is C27H22ClN2PS. The van der Waals surface area contributed by atoms with Crippen molar-refractivity contribution >= 4 is 44.4 Å². The molecule has 0 saturated carbocycles. The van der Waals surface area contributed by atoms with Crippen molar-refractivity contribution in [3.8, 4) is 10.6 Å². The van der Waals surface area contributed by atoms with E-state index >= 15 is 0 Å². The van der Waals surface area contributed by atoms with Gasteiger partial charge in [0, 0.05) is 0 Å². The van der Waals surface area contributed by atoms with E-state index in [-0.39, 0.29) is 0 Å². The Balaban J connectivity index is 1.75. The second kappa shape index (κ2) is 8.60. The number of aromatic nitrogens is 2. The van der Waals surface area contributed by atoms with E-state index in [1.165, 1.54) is 0 Å². The quantitative estimate of drug-likeness (QED) is 0.268. The van der Waals surface area contributed by atoms with E-state index in [0.717, 1.165) is 32.2 Å². The first-order valence-electron chi connectivity index (χ1n) is 10.4. The predicted molar refractivity (Wildman–Crippen MR) is 140 cm³/mol.